The van der Waals surface area contributed by atoms with E-state index in [1.165, 1.54) is 0 Å². The molecule has 64 valence electrons. The molecule has 13 heavy (non-hydrogen) atoms. The van der Waals surface area contributed by atoms with Crippen molar-refractivity contribution in [3.8, 4) is 12.1 Å². The van der Waals surface area contributed by atoms with Crippen LogP contribution in [0.2, 0.25) is 0 Å². The van der Waals surface area contributed by atoms with Crippen molar-refractivity contribution in [2.24, 2.45) is 0 Å². The molecule has 0 saturated carbocycles. The van der Waals surface area contributed by atoms with Crippen molar-refractivity contribution < 1.29 is 0 Å². The molecule has 0 aliphatic rings. The lowest BCUT2D eigenvalue weighted by molar-refractivity contribution is 1.12. The first-order chi connectivity index (χ1) is 6.20. The highest BCUT2D eigenvalue weighted by Gasteiger charge is 2.07. The Labute approximate surface area is 77.4 Å². The number of hydrogen-bond acceptors (Lipinski definition) is 3. The van der Waals surface area contributed by atoms with Crippen LogP contribution >= 0.6 is 0 Å². The third kappa shape index (κ3) is 1.60. The molecule has 0 radical (unpaired) electrons. The number of benzene rings is 1. The molecule has 1 rings (SSSR count). The zero-order chi connectivity index (χ0) is 9.84. The molecule has 0 fully saturated rings. The van der Waals surface area contributed by atoms with Crippen molar-refractivity contribution in [1.82, 2.24) is 0 Å². The number of hydrogen-bond donors (Lipinski definition) is 0. The fourth-order valence-electron chi connectivity index (χ4n) is 1.12. The molecule has 0 saturated heterocycles. The van der Waals surface area contributed by atoms with E-state index < -0.39 is 0 Å². The maximum absolute atomic E-state index is 8.85. The van der Waals surface area contributed by atoms with Gasteiger partial charge < -0.3 is 4.90 Å². The summed E-state index contributed by atoms with van der Waals surface area (Å²) in [6.45, 7) is 0. The summed E-state index contributed by atoms with van der Waals surface area (Å²) in [6.07, 6.45) is 0. The van der Waals surface area contributed by atoms with Gasteiger partial charge in [-0.2, -0.15) is 10.5 Å². The maximum atomic E-state index is 8.85. The van der Waals surface area contributed by atoms with Gasteiger partial charge in [0.2, 0.25) is 0 Å². The lowest BCUT2D eigenvalue weighted by Crippen LogP contribution is -2.10. The van der Waals surface area contributed by atoms with Gasteiger partial charge in [-0.1, -0.05) is 6.07 Å². The first kappa shape index (κ1) is 9.09. The van der Waals surface area contributed by atoms with E-state index in [-0.39, 0.29) is 0 Å². The van der Waals surface area contributed by atoms with E-state index in [2.05, 4.69) is 0 Å². The molecule has 1 aromatic carbocycles. The second kappa shape index (κ2) is 3.60. The van der Waals surface area contributed by atoms with E-state index in [4.69, 9.17) is 10.5 Å². The predicted molar refractivity (Wildman–Crippen MR) is 50.2 cm³/mol. The van der Waals surface area contributed by atoms with Gasteiger partial charge in [-0.25, -0.2) is 0 Å². The summed E-state index contributed by atoms with van der Waals surface area (Å²) < 4.78 is 0. The summed E-state index contributed by atoms with van der Waals surface area (Å²) in [6, 6.07) is 9.26. The van der Waals surface area contributed by atoms with Crippen molar-refractivity contribution >= 4 is 5.69 Å². The topological polar surface area (TPSA) is 50.8 Å². The summed E-state index contributed by atoms with van der Waals surface area (Å²) in [7, 11) is 3.69. The maximum Gasteiger partial charge on any atom is 0.103 e. The molecular weight excluding hydrogens is 162 g/mol. The van der Waals surface area contributed by atoms with Crippen LogP contribution in [0.3, 0.4) is 0 Å². The molecule has 0 bridgehead atoms. The highest BCUT2D eigenvalue weighted by atomic mass is 15.1. The Kier molecular flexibility index (Phi) is 2.52. The zero-order valence-electron chi connectivity index (χ0n) is 7.57. The largest absolute Gasteiger partial charge is 0.377 e. The van der Waals surface area contributed by atoms with Crippen LogP contribution in [0.1, 0.15) is 11.1 Å². The number of nitriles is 2. The average molecular weight is 171 g/mol. The van der Waals surface area contributed by atoms with Gasteiger partial charge in [0.25, 0.3) is 0 Å². The summed E-state index contributed by atoms with van der Waals surface area (Å²) in [4.78, 5) is 1.82. The first-order valence-corrected chi connectivity index (χ1v) is 3.81. The van der Waals surface area contributed by atoms with Crippen LogP contribution in [0.5, 0.6) is 0 Å². The van der Waals surface area contributed by atoms with Gasteiger partial charge in [0.05, 0.1) is 16.8 Å². The van der Waals surface area contributed by atoms with Crippen molar-refractivity contribution in [1.29, 1.82) is 10.5 Å². The van der Waals surface area contributed by atoms with Gasteiger partial charge in [0.15, 0.2) is 0 Å². The third-order valence-electron chi connectivity index (χ3n) is 1.76. The van der Waals surface area contributed by atoms with Crippen molar-refractivity contribution in [2.45, 2.75) is 0 Å². The Hall–Kier alpha value is -2.00. The highest BCUT2D eigenvalue weighted by Crippen LogP contribution is 2.20. The molecule has 0 heterocycles. The third-order valence-corrected chi connectivity index (χ3v) is 1.76. The van der Waals surface area contributed by atoms with Gasteiger partial charge in [0, 0.05) is 14.1 Å². The first-order valence-electron chi connectivity index (χ1n) is 3.81. The van der Waals surface area contributed by atoms with Gasteiger partial charge in [-0.15, -0.1) is 0 Å². The van der Waals surface area contributed by atoms with E-state index in [9.17, 15) is 0 Å². The van der Waals surface area contributed by atoms with Gasteiger partial charge in [-0.3, -0.25) is 0 Å². The Balaban J connectivity index is 3.40. The van der Waals surface area contributed by atoms with E-state index in [0.29, 0.717) is 11.1 Å². The van der Waals surface area contributed by atoms with E-state index >= 15 is 0 Å². The Morgan fingerprint density at radius 2 is 1.85 bits per heavy atom. The minimum atomic E-state index is 0.425. The van der Waals surface area contributed by atoms with Gasteiger partial charge in [0.1, 0.15) is 12.1 Å². The second-order valence-corrected chi connectivity index (χ2v) is 2.82. The molecule has 0 unspecified atom stereocenters. The molecule has 0 aromatic heterocycles. The number of rotatable bonds is 1. The van der Waals surface area contributed by atoms with Crippen LogP contribution in [0.15, 0.2) is 18.2 Å². The molecule has 0 N–H and O–H groups in total. The minimum Gasteiger partial charge on any atom is -0.377 e. The molecule has 0 spiro atoms. The van der Waals surface area contributed by atoms with Crippen LogP contribution < -0.4 is 4.90 Å². The van der Waals surface area contributed by atoms with Gasteiger partial charge >= 0.3 is 0 Å². The molecule has 0 amide bonds. The molecule has 3 heteroatoms. The fraction of sp³-hybridized carbons (Fsp3) is 0.200. The smallest absolute Gasteiger partial charge is 0.103 e. The summed E-state index contributed by atoms with van der Waals surface area (Å²) >= 11 is 0. The Morgan fingerprint density at radius 3 is 2.31 bits per heavy atom. The summed E-state index contributed by atoms with van der Waals surface area (Å²) in [5.41, 5.74) is 1.64. The fourth-order valence-corrected chi connectivity index (χ4v) is 1.12. The van der Waals surface area contributed by atoms with Gasteiger partial charge in [-0.05, 0) is 12.1 Å². The van der Waals surface area contributed by atoms with Crippen molar-refractivity contribution in [3.63, 3.8) is 0 Å². The Bertz CT molecular complexity index is 394. The number of nitrogens with zero attached hydrogens (tertiary/aromatic N) is 3. The zero-order valence-corrected chi connectivity index (χ0v) is 7.57. The molecule has 0 aliphatic carbocycles. The van der Waals surface area contributed by atoms with Crippen LogP contribution in [-0.4, -0.2) is 14.1 Å². The van der Waals surface area contributed by atoms with Crippen LogP contribution in [0.4, 0.5) is 5.69 Å². The van der Waals surface area contributed by atoms with Crippen LogP contribution in [-0.2, 0) is 0 Å². The second-order valence-electron chi connectivity index (χ2n) is 2.82. The van der Waals surface area contributed by atoms with Crippen LogP contribution in [0.25, 0.3) is 0 Å². The average Bonchev–Trinajstić information content (AvgIpc) is 2.16. The standard InChI is InChI=1S/C10H9N3/c1-13(2)10-5-3-4-8(6-11)9(10)7-12/h3-5H,1-2H3. The van der Waals surface area contributed by atoms with Crippen LogP contribution in [0, 0.1) is 22.7 Å². The van der Waals surface area contributed by atoms with E-state index in [1.807, 2.05) is 37.2 Å². The minimum absolute atomic E-state index is 0.425. The molecule has 1 aromatic rings. The highest BCUT2D eigenvalue weighted by molar-refractivity contribution is 5.64. The summed E-state index contributed by atoms with van der Waals surface area (Å²) in [5.74, 6) is 0. The molecule has 0 atom stereocenters. The molecule has 0 aliphatic heterocycles. The molecule has 3 nitrogen and oxygen atoms in total. The van der Waals surface area contributed by atoms with E-state index in [1.54, 1.807) is 12.1 Å². The lowest BCUT2D eigenvalue weighted by Gasteiger charge is -2.14. The molecular formula is C10H9N3. The lowest BCUT2D eigenvalue weighted by atomic mass is 10.1. The summed E-state index contributed by atoms with van der Waals surface area (Å²) in [5, 5.41) is 17.6. The normalized spacial score (nSPS) is 8.62. The SMILES string of the molecule is CN(C)c1cccc(C#N)c1C#N. The van der Waals surface area contributed by atoms with Crippen molar-refractivity contribution in [3.05, 3.63) is 29.3 Å². The monoisotopic (exact) mass is 171 g/mol. The van der Waals surface area contributed by atoms with E-state index in [0.717, 1.165) is 5.69 Å². The Morgan fingerprint density at radius 1 is 1.15 bits per heavy atom. The quantitative estimate of drug-likeness (QED) is 0.643. The predicted octanol–water partition coefficient (Wildman–Crippen LogP) is 1.50. The number of anilines is 1. The van der Waals surface area contributed by atoms with Crippen molar-refractivity contribution in [2.75, 3.05) is 19.0 Å².